The van der Waals surface area contributed by atoms with Gasteiger partial charge >= 0.3 is 0 Å². The van der Waals surface area contributed by atoms with Gasteiger partial charge in [-0.15, -0.1) is 10.2 Å². The second kappa shape index (κ2) is 7.93. The molecule has 7 heteroatoms. The van der Waals surface area contributed by atoms with Gasteiger partial charge in [0.25, 0.3) is 0 Å². The molecule has 0 aliphatic heterocycles. The third kappa shape index (κ3) is 4.08. The van der Waals surface area contributed by atoms with E-state index in [4.69, 9.17) is 11.6 Å². The van der Waals surface area contributed by atoms with Crippen molar-refractivity contribution in [3.63, 3.8) is 0 Å². The fourth-order valence-corrected chi connectivity index (χ4v) is 3.39. The van der Waals surface area contributed by atoms with Crippen molar-refractivity contribution < 1.29 is 4.79 Å². The monoisotopic (exact) mass is 386 g/mol. The summed E-state index contributed by atoms with van der Waals surface area (Å²) in [5.41, 5.74) is 3.83. The van der Waals surface area contributed by atoms with Gasteiger partial charge in [0.2, 0.25) is 5.91 Å². The smallest absolute Gasteiger partial charge is 0.234 e. The summed E-state index contributed by atoms with van der Waals surface area (Å²) in [6.45, 7) is 3.96. The molecule has 1 amide bonds. The van der Waals surface area contributed by atoms with Crippen molar-refractivity contribution in [2.75, 3.05) is 11.1 Å². The number of amides is 1. The van der Waals surface area contributed by atoms with Crippen molar-refractivity contribution in [3.8, 4) is 11.4 Å². The topological polar surface area (TPSA) is 59.8 Å². The summed E-state index contributed by atoms with van der Waals surface area (Å²) in [6.07, 6.45) is 0. The predicted molar refractivity (Wildman–Crippen MR) is 107 cm³/mol. The maximum atomic E-state index is 12.2. The van der Waals surface area contributed by atoms with Gasteiger partial charge in [-0.3, -0.25) is 4.79 Å². The van der Waals surface area contributed by atoms with Crippen molar-refractivity contribution >= 4 is 35.0 Å². The number of carbonyl (C=O) groups is 1. The lowest BCUT2D eigenvalue weighted by Crippen LogP contribution is -2.14. The van der Waals surface area contributed by atoms with Crippen molar-refractivity contribution in [1.82, 2.24) is 14.8 Å². The van der Waals surface area contributed by atoms with Crippen LogP contribution in [0.1, 0.15) is 11.1 Å². The highest BCUT2D eigenvalue weighted by molar-refractivity contribution is 7.99. The van der Waals surface area contributed by atoms with E-state index in [1.165, 1.54) is 11.8 Å². The standard InChI is InChI=1S/C19H19ClN4OS/c1-12-6-4-5-7-15(12)18-22-23-19(24(18)3)26-11-17(25)21-14-9-8-13(2)16(20)10-14/h4-10H,11H2,1-3H3,(H,21,25). The fraction of sp³-hybridized carbons (Fsp3) is 0.211. The van der Waals surface area contributed by atoms with Gasteiger partial charge in [-0.25, -0.2) is 0 Å². The van der Waals surface area contributed by atoms with E-state index in [1.807, 2.05) is 61.9 Å². The first-order valence-electron chi connectivity index (χ1n) is 8.10. The Morgan fingerprint density at radius 1 is 1.15 bits per heavy atom. The highest BCUT2D eigenvalue weighted by atomic mass is 35.5. The van der Waals surface area contributed by atoms with Gasteiger partial charge in [0.15, 0.2) is 11.0 Å². The van der Waals surface area contributed by atoms with Gasteiger partial charge in [0.1, 0.15) is 0 Å². The summed E-state index contributed by atoms with van der Waals surface area (Å²) in [6, 6.07) is 13.5. The molecule has 26 heavy (non-hydrogen) atoms. The number of hydrogen-bond donors (Lipinski definition) is 1. The Hall–Kier alpha value is -2.31. The third-order valence-corrected chi connectivity index (χ3v) is 5.44. The maximum absolute atomic E-state index is 12.2. The average molecular weight is 387 g/mol. The minimum atomic E-state index is -0.115. The molecule has 3 aromatic rings. The number of nitrogens with one attached hydrogen (secondary N) is 1. The number of nitrogens with zero attached hydrogens (tertiary/aromatic N) is 3. The van der Waals surface area contributed by atoms with Crippen LogP contribution < -0.4 is 5.32 Å². The van der Waals surface area contributed by atoms with Crippen LogP contribution in [0.5, 0.6) is 0 Å². The first-order chi connectivity index (χ1) is 12.5. The zero-order chi connectivity index (χ0) is 18.7. The average Bonchev–Trinajstić information content (AvgIpc) is 2.97. The molecule has 0 aliphatic carbocycles. The van der Waals surface area contributed by atoms with E-state index in [-0.39, 0.29) is 11.7 Å². The first-order valence-corrected chi connectivity index (χ1v) is 9.46. The van der Waals surface area contributed by atoms with E-state index in [0.717, 1.165) is 22.5 Å². The molecule has 0 aliphatic rings. The van der Waals surface area contributed by atoms with Gasteiger partial charge < -0.3 is 9.88 Å². The zero-order valence-corrected chi connectivity index (χ0v) is 16.4. The number of hydrogen-bond acceptors (Lipinski definition) is 4. The van der Waals surface area contributed by atoms with E-state index in [1.54, 1.807) is 6.07 Å². The molecule has 3 rings (SSSR count). The summed E-state index contributed by atoms with van der Waals surface area (Å²) >= 11 is 7.43. The molecule has 0 bridgehead atoms. The molecule has 1 heterocycles. The number of anilines is 1. The van der Waals surface area contributed by atoms with E-state index in [9.17, 15) is 4.79 Å². The molecule has 0 fully saturated rings. The first kappa shape index (κ1) is 18.5. The lowest BCUT2D eigenvalue weighted by molar-refractivity contribution is -0.113. The van der Waals surface area contributed by atoms with Crippen LogP contribution in [-0.2, 0) is 11.8 Å². The molecule has 0 spiro atoms. The number of thioether (sulfide) groups is 1. The summed E-state index contributed by atoms with van der Waals surface area (Å²) in [4.78, 5) is 12.2. The quantitative estimate of drug-likeness (QED) is 0.656. The largest absolute Gasteiger partial charge is 0.325 e. The summed E-state index contributed by atoms with van der Waals surface area (Å²) in [5.74, 6) is 0.914. The number of carbonyl (C=O) groups excluding carboxylic acids is 1. The number of aryl methyl sites for hydroxylation is 2. The molecule has 2 aromatic carbocycles. The van der Waals surface area contributed by atoms with Crippen LogP contribution in [0.3, 0.4) is 0 Å². The van der Waals surface area contributed by atoms with Crippen LogP contribution in [0.15, 0.2) is 47.6 Å². The Morgan fingerprint density at radius 2 is 1.92 bits per heavy atom. The van der Waals surface area contributed by atoms with E-state index in [2.05, 4.69) is 15.5 Å². The number of rotatable bonds is 5. The van der Waals surface area contributed by atoms with Crippen molar-refractivity contribution in [2.45, 2.75) is 19.0 Å². The van der Waals surface area contributed by atoms with Crippen LogP contribution in [0.4, 0.5) is 5.69 Å². The van der Waals surface area contributed by atoms with Crippen LogP contribution in [0.25, 0.3) is 11.4 Å². The molecule has 1 aromatic heterocycles. The van der Waals surface area contributed by atoms with Crippen LogP contribution in [0.2, 0.25) is 5.02 Å². The van der Waals surface area contributed by atoms with Crippen molar-refractivity contribution in [2.24, 2.45) is 7.05 Å². The summed E-state index contributed by atoms with van der Waals surface area (Å²) < 4.78 is 1.91. The Morgan fingerprint density at radius 3 is 2.65 bits per heavy atom. The fourth-order valence-electron chi connectivity index (χ4n) is 2.50. The summed E-state index contributed by atoms with van der Waals surface area (Å²) in [7, 11) is 1.90. The molecule has 0 saturated heterocycles. The van der Waals surface area contributed by atoms with Gasteiger partial charge in [-0.1, -0.05) is 53.7 Å². The molecule has 0 atom stereocenters. The molecule has 0 radical (unpaired) electrons. The Balaban J connectivity index is 1.66. The second-order valence-electron chi connectivity index (χ2n) is 5.98. The van der Waals surface area contributed by atoms with Crippen molar-refractivity contribution in [1.29, 1.82) is 0 Å². The zero-order valence-electron chi connectivity index (χ0n) is 14.8. The van der Waals surface area contributed by atoms with Crippen molar-refractivity contribution in [3.05, 3.63) is 58.6 Å². The molecule has 1 N–H and O–H groups in total. The molecule has 134 valence electrons. The van der Waals surface area contributed by atoms with E-state index < -0.39 is 0 Å². The second-order valence-corrected chi connectivity index (χ2v) is 7.33. The van der Waals surface area contributed by atoms with Gasteiger partial charge in [0.05, 0.1) is 5.75 Å². The highest BCUT2D eigenvalue weighted by Crippen LogP contribution is 2.25. The minimum absolute atomic E-state index is 0.115. The van der Waals surface area contributed by atoms with Crippen LogP contribution >= 0.6 is 23.4 Å². The Kier molecular flexibility index (Phi) is 5.64. The van der Waals surface area contributed by atoms with E-state index in [0.29, 0.717) is 15.9 Å². The molecule has 0 saturated carbocycles. The minimum Gasteiger partial charge on any atom is -0.325 e. The van der Waals surface area contributed by atoms with Gasteiger partial charge in [0, 0.05) is 23.3 Å². The van der Waals surface area contributed by atoms with Crippen LogP contribution in [-0.4, -0.2) is 26.4 Å². The maximum Gasteiger partial charge on any atom is 0.234 e. The normalized spacial score (nSPS) is 10.8. The number of halogens is 1. The summed E-state index contributed by atoms with van der Waals surface area (Å²) in [5, 5.41) is 12.7. The predicted octanol–water partition coefficient (Wildman–Crippen LogP) is 4.48. The van der Waals surface area contributed by atoms with E-state index >= 15 is 0 Å². The van der Waals surface area contributed by atoms with Gasteiger partial charge in [-0.05, 0) is 37.1 Å². The Bertz CT molecular complexity index is 954. The van der Waals surface area contributed by atoms with Crippen LogP contribution in [0, 0.1) is 13.8 Å². The lowest BCUT2D eigenvalue weighted by atomic mass is 10.1. The molecular weight excluding hydrogens is 368 g/mol. The molecule has 0 unspecified atom stereocenters. The number of aromatic nitrogens is 3. The SMILES string of the molecule is Cc1ccc(NC(=O)CSc2nnc(-c3ccccc3C)n2C)cc1Cl. The highest BCUT2D eigenvalue weighted by Gasteiger charge is 2.14. The van der Waals surface area contributed by atoms with Gasteiger partial charge in [-0.2, -0.15) is 0 Å². The number of benzene rings is 2. The lowest BCUT2D eigenvalue weighted by Gasteiger charge is -2.07. The molecule has 5 nitrogen and oxygen atoms in total. The third-order valence-electron chi connectivity index (χ3n) is 4.01. The molecular formula is C19H19ClN4OS. The Labute approximate surface area is 161 Å².